The van der Waals surface area contributed by atoms with E-state index in [0.29, 0.717) is 3.57 Å². The number of para-hydroxylation sites is 1. The van der Waals surface area contributed by atoms with Crippen molar-refractivity contribution in [2.45, 2.75) is 4.90 Å². The molecule has 0 N–H and O–H groups in total. The van der Waals surface area contributed by atoms with Crippen LogP contribution in [0.5, 0.6) is 5.75 Å². The first-order valence-corrected chi connectivity index (χ1v) is 8.37. The molecule has 0 bridgehead atoms. The van der Waals surface area contributed by atoms with Crippen molar-refractivity contribution in [2.24, 2.45) is 0 Å². The Bertz CT molecular complexity index is 886. The topological polar surface area (TPSA) is 77.5 Å². The molecule has 1 heterocycles. The Morgan fingerprint density at radius 1 is 0.952 bits per heavy atom. The molecule has 0 spiro atoms. The minimum Gasteiger partial charge on any atom is -0.422 e. The van der Waals surface area contributed by atoms with Gasteiger partial charge in [0, 0.05) is 9.13 Å². The van der Waals surface area contributed by atoms with Gasteiger partial charge >= 0.3 is 5.97 Å². The highest BCUT2D eigenvalue weighted by Gasteiger charge is 2.35. The Kier molecular flexibility index (Phi) is 3.33. The maximum atomic E-state index is 12.4. The Hall–Kier alpha value is -1.74. The molecule has 21 heavy (non-hydrogen) atoms. The molecule has 0 unspecified atom stereocenters. The molecular weight excluding hydrogens is 407 g/mol. The van der Waals surface area contributed by atoms with Crippen LogP contribution in [0.4, 0.5) is 0 Å². The average Bonchev–Trinajstić information content (AvgIpc) is 2.45. The van der Waals surface area contributed by atoms with Gasteiger partial charge in [-0.3, -0.25) is 4.79 Å². The van der Waals surface area contributed by atoms with Crippen LogP contribution in [0.1, 0.15) is 20.7 Å². The monoisotopic (exact) mass is 414 g/mol. The number of benzene rings is 2. The number of halogens is 1. The number of rotatable bonds is 0. The van der Waals surface area contributed by atoms with Crippen molar-refractivity contribution in [3.8, 4) is 5.75 Å². The molecule has 0 aromatic heterocycles. The SMILES string of the molecule is O=C1Oc2ccccc2S(=O)(=O)C(=O)c2cc(I)ccc21. The summed E-state index contributed by atoms with van der Waals surface area (Å²) in [7, 11) is -4.25. The minimum absolute atomic E-state index is 0.0569. The van der Waals surface area contributed by atoms with E-state index < -0.39 is 20.9 Å². The van der Waals surface area contributed by atoms with Crippen LogP contribution in [0.15, 0.2) is 47.4 Å². The van der Waals surface area contributed by atoms with Gasteiger partial charge in [0.2, 0.25) is 9.84 Å². The maximum Gasteiger partial charge on any atom is 0.344 e. The summed E-state index contributed by atoms with van der Waals surface area (Å²) in [6.45, 7) is 0. The van der Waals surface area contributed by atoms with E-state index >= 15 is 0 Å². The van der Waals surface area contributed by atoms with Crippen LogP contribution in [-0.4, -0.2) is 19.5 Å². The summed E-state index contributed by atoms with van der Waals surface area (Å²) in [4.78, 5) is 24.2. The molecule has 7 heteroatoms. The van der Waals surface area contributed by atoms with Gasteiger partial charge in [0.05, 0.1) is 5.56 Å². The Morgan fingerprint density at radius 2 is 1.67 bits per heavy atom. The lowest BCUT2D eigenvalue weighted by atomic mass is 10.1. The largest absolute Gasteiger partial charge is 0.422 e. The summed E-state index contributed by atoms with van der Waals surface area (Å²) in [5.74, 6) is -0.892. The standard InChI is InChI=1S/C14H7IO5S/c15-8-5-6-9-10(7-8)14(17)21(18,19)12-4-2-1-3-11(12)20-13(9)16/h1-7H. The molecule has 0 amide bonds. The highest BCUT2D eigenvalue weighted by Crippen LogP contribution is 2.31. The number of carbonyl (C=O) groups is 2. The molecule has 2 aromatic carbocycles. The second-order valence-electron chi connectivity index (χ2n) is 4.32. The first kappa shape index (κ1) is 14.2. The number of carbonyl (C=O) groups excluding carboxylic acids is 2. The fourth-order valence-corrected chi connectivity index (χ4v) is 3.80. The van der Waals surface area contributed by atoms with E-state index in [-0.39, 0.29) is 21.8 Å². The van der Waals surface area contributed by atoms with E-state index in [1.54, 1.807) is 6.07 Å². The number of hydrogen-bond donors (Lipinski definition) is 0. The van der Waals surface area contributed by atoms with Gasteiger partial charge < -0.3 is 4.74 Å². The van der Waals surface area contributed by atoms with Gasteiger partial charge in [-0.2, -0.15) is 0 Å². The predicted octanol–water partition coefficient (Wildman–Crippen LogP) is 2.44. The first-order chi connectivity index (χ1) is 9.91. The second kappa shape index (κ2) is 4.92. The molecule has 2 aromatic rings. The van der Waals surface area contributed by atoms with Crippen LogP contribution in [0.3, 0.4) is 0 Å². The van der Waals surface area contributed by atoms with Crippen molar-refractivity contribution in [1.29, 1.82) is 0 Å². The third kappa shape index (κ3) is 2.26. The quantitative estimate of drug-likeness (QED) is 0.376. The molecule has 0 radical (unpaired) electrons. The van der Waals surface area contributed by atoms with Crippen molar-refractivity contribution in [2.75, 3.05) is 0 Å². The van der Waals surface area contributed by atoms with Gasteiger partial charge in [0.25, 0.3) is 5.12 Å². The number of sulfone groups is 1. The van der Waals surface area contributed by atoms with E-state index in [0.717, 1.165) is 0 Å². The highest BCUT2D eigenvalue weighted by atomic mass is 127. The smallest absolute Gasteiger partial charge is 0.344 e. The van der Waals surface area contributed by atoms with Gasteiger partial charge in [0.15, 0.2) is 0 Å². The van der Waals surface area contributed by atoms with Crippen molar-refractivity contribution in [3.05, 3.63) is 57.2 Å². The minimum atomic E-state index is -4.25. The van der Waals surface area contributed by atoms with Crippen LogP contribution < -0.4 is 4.74 Å². The third-order valence-electron chi connectivity index (χ3n) is 3.01. The normalized spacial score (nSPS) is 16.2. The molecule has 0 atom stereocenters. The van der Waals surface area contributed by atoms with Gasteiger partial charge in [-0.25, -0.2) is 13.2 Å². The predicted molar refractivity (Wildman–Crippen MR) is 82.1 cm³/mol. The molecule has 106 valence electrons. The molecule has 0 aliphatic carbocycles. The zero-order valence-electron chi connectivity index (χ0n) is 10.4. The van der Waals surface area contributed by atoms with Crippen LogP contribution >= 0.6 is 22.6 Å². The zero-order valence-corrected chi connectivity index (χ0v) is 13.3. The molecule has 1 aliphatic rings. The van der Waals surface area contributed by atoms with E-state index in [1.807, 2.05) is 22.6 Å². The van der Waals surface area contributed by atoms with Gasteiger partial charge in [-0.05, 0) is 52.9 Å². The first-order valence-electron chi connectivity index (χ1n) is 5.81. The molecule has 5 nitrogen and oxygen atoms in total. The number of fused-ring (bicyclic) bond motifs is 2. The fraction of sp³-hybridized carbons (Fsp3) is 0. The Labute approximate surface area is 134 Å². The summed E-state index contributed by atoms with van der Waals surface area (Å²) >= 11 is 1.94. The van der Waals surface area contributed by atoms with Crippen molar-refractivity contribution >= 4 is 43.5 Å². The fourth-order valence-electron chi connectivity index (χ4n) is 2.02. The van der Waals surface area contributed by atoms with Gasteiger partial charge in [-0.15, -0.1) is 0 Å². The highest BCUT2D eigenvalue weighted by molar-refractivity contribution is 14.1. The Morgan fingerprint density at radius 3 is 2.43 bits per heavy atom. The van der Waals surface area contributed by atoms with Crippen molar-refractivity contribution < 1.29 is 22.7 Å². The number of hydrogen-bond acceptors (Lipinski definition) is 5. The van der Waals surface area contributed by atoms with E-state index in [4.69, 9.17) is 4.74 Å². The molecule has 0 saturated carbocycles. The van der Waals surface area contributed by atoms with Crippen LogP contribution in [0.2, 0.25) is 0 Å². The molecular formula is C14H7IO5S. The molecule has 0 saturated heterocycles. The van der Waals surface area contributed by atoms with Gasteiger partial charge in [-0.1, -0.05) is 12.1 Å². The van der Waals surface area contributed by atoms with Crippen LogP contribution in [-0.2, 0) is 9.84 Å². The van der Waals surface area contributed by atoms with Crippen LogP contribution in [0, 0.1) is 3.57 Å². The number of ether oxygens (including phenoxy) is 1. The lowest BCUT2D eigenvalue weighted by molar-refractivity contribution is 0.0725. The third-order valence-corrected chi connectivity index (χ3v) is 5.30. The summed E-state index contributed by atoms with van der Waals surface area (Å²) in [5.41, 5.74) is -0.222. The summed E-state index contributed by atoms with van der Waals surface area (Å²) in [6, 6.07) is 9.95. The van der Waals surface area contributed by atoms with Crippen molar-refractivity contribution in [1.82, 2.24) is 0 Å². The van der Waals surface area contributed by atoms with E-state index in [1.165, 1.54) is 36.4 Å². The van der Waals surface area contributed by atoms with E-state index in [9.17, 15) is 18.0 Å². The summed E-state index contributed by atoms with van der Waals surface area (Å²) in [5, 5.41) is -1.10. The summed E-state index contributed by atoms with van der Waals surface area (Å²) < 4.78 is 30.6. The Balaban J connectivity index is 2.35. The second-order valence-corrected chi connectivity index (χ2v) is 7.38. The number of esters is 1. The molecule has 3 rings (SSSR count). The van der Waals surface area contributed by atoms with Gasteiger partial charge in [0.1, 0.15) is 10.6 Å². The molecule has 1 aliphatic heterocycles. The van der Waals surface area contributed by atoms with E-state index in [2.05, 4.69) is 0 Å². The van der Waals surface area contributed by atoms with Crippen molar-refractivity contribution in [3.63, 3.8) is 0 Å². The lowest BCUT2D eigenvalue weighted by Gasteiger charge is -2.15. The lowest BCUT2D eigenvalue weighted by Crippen LogP contribution is -2.24. The molecule has 0 fully saturated rings. The maximum absolute atomic E-state index is 12.4. The zero-order chi connectivity index (χ0) is 15.2. The van der Waals surface area contributed by atoms with Crippen LogP contribution in [0.25, 0.3) is 0 Å². The summed E-state index contributed by atoms with van der Waals surface area (Å²) in [6.07, 6.45) is 0. The average molecular weight is 414 g/mol.